The number of pyridine rings is 1. The van der Waals surface area contributed by atoms with Gasteiger partial charge in [0.15, 0.2) is 0 Å². The minimum Gasteiger partial charge on any atom is -0.383 e. The van der Waals surface area contributed by atoms with Crippen molar-refractivity contribution >= 4 is 11.6 Å². The Morgan fingerprint density at radius 3 is 2.62 bits per heavy atom. The van der Waals surface area contributed by atoms with Gasteiger partial charge in [-0.15, -0.1) is 0 Å². The second-order valence-corrected chi connectivity index (χ2v) is 12.4. The van der Waals surface area contributed by atoms with Crippen LogP contribution in [0.2, 0.25) is 0 Å². The lowest BCUT2D eigenvalue weighted by Gasteiger charge is -2.46. The van der Waals surface area contributed by atoms with Crippen LogP contribution in [0.15, 0.2) is 30.5 Å². The fourth-order valence-corrected chi connectivity index (χ4v) is 6.33. The number of rotatable bonds is 6. The molecule has 5 atom stereocenters. The number of amides is 1. The second-order valence-electron chi connectivity index (χ2n) is 12.4. The van der Waals surface area contributed by atoms with E-state index in [0.29, 0.717) is 43.1 Å². The van der Waals surface area contributed by atoms with Gasteiger partial charge in [0.2, 0.25) is 5.91 Å². The summed E-state index contributed by atoms with van der Waals surface area (Å²) in [5.41, 5.74) is 1.32. The predicted octanol–water partition coefficient (Wildman–Crippen LogP) is 2.84. The van der Waals surface area contributed by atoms with E-state index in [9.17, 15) is 18.7 Å². The highest BCUT2D eigenvalue weighted by Crippen LogP contribution is 2.41. The van der Waals surface area contributed by atoms with E-state index in [4.69, 9.17) is 4.74 Å². The molecule has 40 heavy (non-hydrogen) atoms. The normalized spacial score (nSPS) is 27.9. The Hall–Kier alpha value is -2.50. The molecule has 218 valence electrons. The van der Waals surface area contributed by atoms with Crippen LogP contribution in [0.3, 0.4) is 0 Å². The number of ether oxygens (including phenoxy) is 1. The third kappa shape index (κ3) is 5.78. The third-order valence-electron chi connectivity index (χ3n) is 8.58. The summed E-state index contributed by atoms with van der Waals surface area (Å²) in [6.07, 6.45) is 0.177. The molecule has 8 nitrogen and oxygen atoms in total. The van der Waals surface area contributed by atoms with Gasteiger partial charge in [-0.2, -0.15) is 0 Å². The number of halogens is 2. The van der Waals surface area contributed by atoms with Gasteiger partial charge in [-0.05, 0) is 32.9 Å². The summed E-state index contributed by atoms with van der Waals surface area (Å²) in [6, 6.07) is 5.88. The van der Waals surface area contributed by atoms with Crippen LogP contribution >= 0.6 is 0 Å². The summed E-state index contributed by atoms with van der Waals surface area (Å²) in [4.78, 5) is 25.0. The van der Waals surface area contributed by atoms with Crippen molar-refractivity contribution in [2.75, 3.05) is 50.8 Å². The maximum Gasteiger partial charge on any atom is 0.241 e. The molecule has 4 heterocycles. The number of aromatic nitrogens is 1. The number of morpholine rings is 1. The third-order valence-corrected chi connectivity index (χ3v) is 8.58. The van der Waals surface area contributed by atoms with Crippen molar-refractivity contribution in [1.29, 1.82) is 0 Å². The lowest BCUT2D eigenvalue weighted by Crippen LogP contribution is -2.63. The molecule has 3 aliphatic rings. The molecule has 2 saturated heterocycles. The molecule has 1 aromatic carbocycles. The molecule has 0 aliphatic carbocycles. The number of nitrogens with one attached hydrogen (secondary N) is 1. The van der Waals surface area contributed by atoms with Gasteiger partial charge in [0, 0.05) is 79.2 Å². The number of aliphatic hydroxyl groups is 1. The highest BCUT2D eigenvalue weighted by molar-refractivity contribution is 5.97. The summed E-state index contributed by atoms with van der Waals surface area (Å²) in [7, 11) is 0. The molecule has 5 unspecified atom stereocenters. The zero-order chi connectivity index (χ0) is 28.8. The number of hydrogen-bond donors (Lipinski definition) is 2. The number of piperazine rings is 1. The average Bonchev–Trinajstić information content (AvgIpc) is 3.17. The Bertz CT molecular complexity index is 1230. The summed E-state index contributed by atoms with van der Waals surface area (Å²) >= 11 is 0. The molecule has 5 rings (SSSR count). The number of aliphatic hydroxyl groups excluding tert-OH is 1. The number of hydrogen-bond acceptors (Lipinski definition) is 7. The van der Waals surface area contributed by atoms with Crippen molar-refractivity contribution in [2.45, 2.75) is 70.3 Å². The van der Waals surface area contributed by atoms with Crippen LogP contribution in [0.4, 0.5) is 14.5 Å². The van der Waals surface area contributed by atoms with Crippen molar-refractivity contribution in [3.05, 3.63) is 58.9 Å². The first-order valence-electron chi connectivity index (χ1n) is 14.2. The second kappa shape index (κ2) is 11.4. The Morgan fingerprint density at radius 1 is 1.20 bits per heavy atom. The fraction of sp³-hybridized carbons (Fsp3) is 0.600. The van der Waals surface area contributed by atoms with E-state index in [0.717, 1.165) is 37.5 Å². The number of fused-ring (bicyclic) bond motifs is 1. The number of anilines is 1. The minimum atomic E-state index is -1.34. The molecule has 0 radical (unpaired) electrons. The lowest BCUT2D eigenvalue weighted by molar-refractivity contribution is -0.121. The van der Waals surface area contributed by atoms with E-state index < -0.39 is 17.7 Å². The van der Waals surface area contributed by atoms with Crippen LogP contribution in [-0.4, -0.2) is 95.9 Å². The van der Waals surface area contributed by atoms with Gasteiger partial charge in [-0.1, -0.05) is 19.9 Å². The molecule has 1 aromatic heterocycles. The Labute approximate surface area is 235 Å². The summed E-state index contributed by atoms with van der Waals surface area (Å²) < 4.78 is 33.6. The highest BCUT2D eigenvalue weighted by Gasteiger charge is 2.41. The highest BCUT2D eigenvalue weighted by atomic mass is 19.1. The van der Waals surface area contributed by atoms with Crippen molar-refractivity contribution in [1.82, 2.24) is 20.1 Å². The van der Waals surface area contributed by atoms with Crippen LogP contribution in [0, 0.1) is 11.6 Å². The molecule has 3 aliphatic heterocycles. The zero-order valence-corrected chi connectivity index (χ0v) is 24.0. The first-order chi connectivity index (χ1) is 18.9. The van der Waals surface area contributed by atoms with Crippen molar-refractivity contribution in [2.24, 2.45) is 0 Å². The molecule has 0 saturated carbocycles. The van der Waals surface area contributed by atoms with Crippen LogP contribution in [-0.2, 0) is 14.9 Å². The van der Waals surface area contributed by atoms with Crippen LogP contribution in [0.25, 0.3) is 0 Å². The van der Waals surface area contributed by atoms with Crippen molar-refractivity contribution < 1.29 is 23.4 Å². The molecule has 2 aromatic rings. The largest absolute Gasteiger partial charge is 0.383 e. The summed E-state index contributed by atoms with van der Waals surface area (Å²) in [5, 5.41) is 14.5. The van der Waals surface area contributed by atoms with E-state index >= 15 is 0 Å². The van der Waals surface area contributed by atoms with Gasteiger partial charge < -0.3 is 20.1 Å². The van der Waals surface area contributed by atoms with Crippen molar-refractivity contribution in [3.63, 3.8) is 0 Å². The molecule has 10 heteroatoms. The standard InChI is InChI=1S/C30H41F2N5O3/c1-18-12-35(23(11-33-18)13-36-19(2)15-40-16-20(36)3)14-27(38)37-17-30(4,5)29-26(37)8-21(10-34-29)28(39)24-7-6-22(31)9-25(24)32/h6-10,18-20,23,28,33,39H,11-17H2,1-5H3. The van der Waals surface area contributed by atoms with E-state index in [1.54, 1.807) is 11.0 Å². The Kier molecular flexibility index (Phi) is 8.27. The summed E-state index contributed by atoms with van der Waals surface area (Å²) in [5.74, 6) is -1.57. The molecular weight excluding hydrogens is 516 g/mol. The van der Waals surface area contributed by atoms with Gasteiger partial charge in [0.25, 0.3) is 0 Å². The SMILES string of the molecule is CC1CN(CC(=O)N2CC(C)(C)c3ncc(C(O)c4ccc(F)cc4F)cc32)C(CN2C(C)COCC2C)CN1. The fourth-order valence-electron chi connectivity index (χ4n) is 6.33. The van der Waals surface area contributed by atoms with Gasteiger partial charge in [0.1, 0.15) is 17.7 Å². The minimum absolute atomic E-state index is 0.0320. The monoisotopic (exact) mass is 557 g/mol. The molecule has 0 bridgehead atoms. The molecule has 1 amide bonds. The molecule has 0 spiro atoms. The lowest BCUT2D eigenvalue weighted by atomic mass is 9.90. The quantitative estimate of drug-likeness (QED) is 0.566. The van der Waals surface area contributed by atoms with E-state index in [2.05, 4.69) is 40.9 Å². The molecule has 2 N–H and O–H groups in total. The van der Waals surface area contributed by atoms with Crippen LogP contribution in [0.1, 0.15) is 57.5 Å². The first-order valence-corrected chi connectivity index (χ1v) is 14.2. The molecule has 2 fully saturated rings. The van der Waals surface area contributed by atoms with Crippen LogP contribution < -0.4 is 10.2 Å². The smallest absolute Gasteiger partial charge is 0.241 e. The number of carbonyl (C=O) groups excluding carboxylic acids is 1. The topological polar surface area (TPSA) is 81.2 Å². The maximum atomic E-state index is 14.4. The Balaban J connectivity index is 1.37. The van der Waals surface area contributed by atoms with Gasteiger partial charge >= 0.3 is 0 Å². The van der Waals surface area contributed by atoms with E-state index in [1.807, 2.05) is 13.8 Å². The zero-order valence-electron chi connectivity index (χ0n) is 24.0. The van der Waals surface area contributed by atoms with E-state index in [1.165, 1.54) is 12.3 Å². The van der Waals surface area contributed by atoms with E-state index in [-0.39, 0.29) is 35.5 Å². The number of nitrogens with zero attached hydrogens (tertiary/aromatic N) is 4. The average molecular weight is 558 g/mol. The molecular formula is C30H41F2N5O3. The first kappa shape index (κ1) is 29.0. The number of carbonyl (C=O) groups is 1. The van der Waals surface area contributed by atoms with Crippen molar-refractivity contribution in [3.8, 4) is 0 Å². The van der Waals surface area contributed by atoms with Gasteiger partial charge in [0.05, 0.1) is 31.1 Å². The predicted molar refractivity (Wildman–Crippen MR) is 149 cm³/mol. The van der Waals surface area contributed by atoms with Gasteiger partial charge in [-0.3, -0.25) is 19.6 Å². The Morgan fingerprint density at radius 2 is 1.93 bits per heavy atom. The maximum absolute atomic E-state index is 14.4. The number of benzene rings is 1. The summed E-state index contributed by atoms with van der Waals surface area (Å²) in [6.45, 7) is 15.1. The van der Waals surface area contributed by atoms with Gasteiger partial charge in [-0.25, -0.2) is 8.78 Å². The van der Waals surface area contributed by atoms with Crippen LogP contribution in [0.5, 0.6) is 0 Å².